The highest BCUT2D eigenvalue weighted by atomic mass is 16.5. The Hall–Kier alpha value is -3.15. The van der Waals surface area contributed by atoms with Crippen LogP contribution in [0.3, 0.4) is 0 Å². The summed E-state index contributed by atoms with van der Waals surface area (Å²) in [5.74, 6) is 0.788. The Morgan fingerprint density at radius 2 is 1.96 bits per heavy atom. The summed E-state index contributed by atoms with van der Waals surface area (Å²) in [6.07, 6.45) is 2.50. The largest absolute Gasteiger partial charge is 0.384 e. The third kappa shape index (κ3) is 3.69. The average Bonchev–Trinajstić information content (AvgIpc) is 3.20. The Labute approximate surface area is 157 Å². The van der Waals surface area contributed by atoms with Gasteiger partial charge in [0.25, 0.3) is 0 Å². The van der Waals surface area contributed by atoms with Crippen molar-refractivity contribution in [1.82, 2.24) is 10.1 Å². The van der Waals surface area contributed by atoms with Crippen molar-refractivity contribution < 1.29 is 9.32 Å². The number of carbonyl (C=O) groups is 1. The van der Waals surface area contributed by atoms with Crippen LogP contribution in [0.25, 0.3) is 11.1 Å². The fourth-order valence-corrected chi connectivity index (χ4v) is 3.12. The summed E-state index contributed by atoms with van der Waals surface area (Å²) in [4.78, 5) is 16.6. The molecule has 0 bridgehead atoms. The number of nitrogens with one attached hydrogen (secondary N) is 1. The lowest BCUT2D eigenvalue weighted by molar-refractivity contribution is -0.115. The number of nitrogens with two attached hydrogens (primary N) is 1. The first kappa shape index (κ1) is 17.3. The minimum absolute atomic E-state index is 0.122. The molecule has 1 saturated carbocycles. The number of hydrogen-bond donors (Lipinski definition) is 2. The van der Waals surface area contributed by atoms with Crippen molar-refractivity contribution in [3.8, 4) is 11.1 Å². The molecule has 27 heavy (non-hydrogen) atoms. The molecular weight excluding hydrogens is 340 g/mol. The van der Waals surface area contributed by atoms with E-state index >= 15 is 0 Å². The Morgan fingerprint density at radius 3 is 2.63 bits per heavy atom. The van der Waals surface area contributed by atoms with E-state index < -0.39 is 0 Å². The number of hydrogen-bond acceptors (Lipinski definition) is 5. The Bertz CT molecular complexity index is 988. The van der Waals surface area contributed by atoms with Crippen molar-refractivity contribution in [2.75, 3.05) is 11.1 Å². The lowest BCUT2D eigenvalue weighted by Crippen LogP contribution is -2.13. The van der Waals surface area contributed by atoms with E-state index in [-0.39, 0.29) is 17.7 Å². The van der Waals surface area contributed by atoms with Gasteiger partial charge < -0.3 is 10.3 Å². The number of amides is 1. The van der Waals surface area contributed by atoms with Crippen LogP contribution in [0.5, 0.6) is 0 Å². The average molecular weight is 362 g/mol. The number of carbonyl (C=O) groups excluding carboxylic acids is 1. The van der Waals surface area contributed by atoms with E-state index in [9.17, 15) is 4.79 Å². The maximum absolute atomic E-state index is 12.3. The van der Waals surface area contributed by atoms with Crippen molar-refractivity contribution in [1.29, 1.82) is 0 Å². The molecule has 1 fully saturated rings. The minimum Gasteiger partial charge on any atom is -0.384 e. The van der Waals surface area contributed by atoms with Crippen molar-refractivity contribution in [2.45, 2.75) is 38.5 Å². The second-order valence-electron chi connectivity index (χ2n) is 7.43. The highest BCUT2D eigenvalue weighted by Crippen LogP contribution is 2.47. The molecule has 0 radical (unpaired) electrons. The van der Waals surface area contributed by atoms with E-state index in [1.165, 1.54) is 0 Å². The number of pyridine rings is 1. The Balaban J connectivity index is 1.40. The molecule has 3 N–H and O–H groups in total. The van der Waals surface area contributed by atoms with Crippen LogP contribution in [-0.2, 0) is 16.6 Å². The zero-order valence-electron chi connectivity index (χ0n) is 15.5. The first-order valence-electron chi connectivity index (χ1n) is 9.02. The summed E-state index contributed by atoms with van der Waals surface area (Å²) in [6.45, 7) is 4.08. The molecular formula is C21H22N4O2. The van der Waals surface area contributed by atoms with Gasteiger partial charge in [0.05, 0.1) is 12.1 Å². The van der Waals surface area contributed by atoms with Gasteiger partial charge in [0, 0.05) is 22.7 Å². The number of anilines is 2. The fraction of sp³-hybridized carbons (Fsp3) is 0.286. The SMILES string of the molecule is Cc1nc(N)ccc1-c1ccc(CC(=O)Nc2cc(C3(C)CC3)no2)cc1. The maximum Gasteiger partial charge on any atom is 0.231 e. The predicted molar refractivity (Wildman–Crippen MR) is 104 cm³/mol. The molecule has 1 amide bonds. The van der Waals surface area contributed by atoms with Gasteiger partial charge in [0.15, 0.2) is 0 Å². The summed E-state index contributed by atoms with van der Waals surface area (Å²) >= 11 is 0. The molecule has 138 valence electrons. The van der Waals surface area contributed by atoms with Crippen molar-refractivity contribution in [2.24, 2.45) is 0 Å². The third-order valence-corrected chi connectivity index (χ3v) is 5.13. The van der Waals surface area contributed by atoms with Crippen molar-refractivity contribution >= 4 is 17.6 Å². The quantitative estimate of drug-likeness (QED) is 0.719. The Morgan fingerprint density at radius 1 is 1.22 bits per heavy atom. The van der Waals surface area contributed by atoms with Crippen LogP contribution in [0, 0.1) is 6.92 Å². The van der Waals surface area contributed by atoms with Gasteiger partial charge >= 0.3 is 0 Å². The number of nitrogens with zero attached hydrogens (tertiary/aromatic N) is 2. The van der Waals surface area contributed by atoms with Crippen LogP contribution < -0.4 is 11.1 Å². The molecule has 2 aromatic heterocycles. The number of benzene rings is 1. The van der Waals surface area contributed by atoms with Gasteiger partial charge in [-0.05, 0) is 43.0 Å². The van der Waals surface area contributed by atoms with Gasteiger partial charge in [-0.25, -0.2) is 4.98 Å². The molecule has 2 heterocycles. The predicted octanol–water partition coefficient (Wildman–Crippen LogP) is 3.86. The smallest absolute Gasteiger partial charge is 0.231 e. The zero-order chi connectivity index (χ0) is 19.0. The van der Waals surface area contributed by atoms with Gasteiger partial charge in [-0.2, -0.15) is 0 Å². The molecule has 0 saturated heterocycles. The molecule has 1 aliphatic rings. The maximum atomic E-state index is 12.3. The molecule has 0 spiro atoms. The van der Waals surface area contributed by atoms with Crippen LogP contribution in [-0.4, -0.2) is 16.0 Å². The van der Waals surface area contributed by atoms with Gasteiger partial charge in [0.2, 0.25) is 11.8 Å². The van der Waals surface area contributed by atoms with Gasteiger partial charge in [-0.1, -0.05) is 36.3 Å². The monoisotopic (exact) mass is 362 g/mol. The van der Waals surface area contributed by atoms with Gasteiger partial charge in [0.1, 0.15) is 5.82 Å². The molecule has 4 rings (SSSR count). The normalized spacial score (nSPS) is 14.7. The second-order valence-corrected chi connectivity index (χ2v) is 7.43. The number of nitrogen functional groups attached to an aromatic ring is 1. The van der Waals surface area contributed by atoms with Gasteiger partial charge in [-0.15, -0.1) is 0 Å². The summed E-state index contributed by atoms with van der Waals surface area (Å²) in [5.41, 5.74) is 10.6. The zero-order valence-corrected chi connectivity index (χ0v) is 15.5. The molecule has 1 aromatic carbocycles. The first-order chi connectivity index (χ1) is 12.9. The van der Waals surface area contributed by atoms with Crippen molar-refractivity contribution in [3.63, 3.8) is 0 Å². The van der Waals surface area contributed by atoms with Crippen LogP contribution in [0.1, 0.15) is 36.7 Å². The molecule has 0 aliphatic heterocycles. The van der Waals surface area contributed by atoms with Crippen LogP contribution in [0.4, 0.5) is 11.7 Å². The molecule has 0 atom stereocenters. The summed E-state index contributed by atoms with van der Waals surface area (Å²) in [7, 11) is 0. The van der Waals surface area contributed by atoms with E-state index in [4.69, 9.17) is 10.3 Å². The van der Waals surface area contributed by atoms with E-state index in [0.717, 1.165) is 40.9 Å². The van der Waals surface area contributed by atoms with E-state index in [0.29, 0.717) is 11.7 Å². The van der Waals surface area contributed by atoms with E-state index in [1.807, 2.05) is 43.3 Å². The van der Waals surface area contributed by atoms with Crippen LogP contribution in [0.15, 0.2) is 47.0 Å². The standard InChI is InChI=1S/C21H22N4O2/c1-13-16(7-8-18(22)23-13)15-5-3-14(4-6-15)11-19(26)24-20-12-17(25-27-20)21(2)9-10-21/h3-8,12H,9-11H2,1-2H3,(H2,22,23)(H,24,26). The lowest BCUT2D eigenvalue weighted by Gasteiger charge is -2.07. The van der Waals surface area contributed by atoms with Crippen molar-refractivity contribution in [3.05, 3.63) is 59.4 Å². The summed E-state index contributed by atoms with van der Waals surface area (Å²) in [5, 5.41) is 6.85. The molecule has 0 unspecified atom stereocenters. The van der Waals surface area contributed by atoms with Gasteiger partial charge in [-0.3, -0.25) is 10.1 Å². The molecule has 3 aromatic rings. The lowest BCUT2D eigenvalue weighted by atomic mass is 10.0. The Kier molecular flexibility index (Phi) is 4.18. The topological polar surface area (TPSA) is 94.0 Å². The molecule has 6 heteroatoms. The minimum atomic E-state index is -0.128. The number of rotatable bonds is 5. The van der Waals surface area contributed by atoms with Crippen LogP contribution >= 0.6 is 0 Å². The second kappa shape index (κ2) is 6.54. The summed E-state index contributed by atoms with van der Waals surface area (Å²) < 4.78 is 5.24. The van der Waals surface area contributed by atoms with E-state index in [1.54, 1.807) is 6.07 Å². The number of aryl methyl sites for hydroxylation is 1. The number of aromatic nitrogens is 2. The van der Waals surface area contributed by atoms with E-state index in [2.05, 4.69) is 22.4 Å². The first-order valence-corrected chi connectivity index (χ1v) is 9.02. The molecule has 1 aliphatic carbocycles. The van der Waals surface area contributed by atoms with Crippen LogP contribution in [0.2, 0.25) is 0 Å². The summed E-state index contributed by atoms with van der Waals surface area (Å²) in [6, 6.07) is 13.4. The highest BCUT2D eigenvalue weighted by Gasteiger charge is 2.42. The fourth-order valence-electron chi connectivity index (χ4n) is 3.12. The highest BCUT2D eigenvalue weighted by molar-refractivity contribution is 5.91. The molecule has 6 nitrogen and oxygen atoms in total. The third-order valence-electron chi connectivity index (χ3n) is 5.13.